The van der Waals surface area contributed by atoms with Gasteiger partial charge in [0, 0.05) is 24.3 Å². The molecule has 10 heteroatoms. The summed E-state index contributed by atoms with van der Waals surface area (Å²) < 4.78 is 6.47. The number of furan rings is 1. The first-order valence-corrected chi connectivity index (χ1v) is 10.8. The van der Waals surface area contributed by atoms with E-state index in [-0.39, 0.29) is 17.5 Å². The molecule has 166 valence electrons. The molecule has 2 N–H and O–H groups in total. The van der Waals surface area contributed by atoms with Crippen LogP contribution in [0.25, 0.3) is 27.6 Å². The summed E-state index contributed by atoms with van der Waals surface area (Å²) in [6.45, 7) is 1.76. The van der Waals surface area contributed by atoms with Gasteiger partial charge in [0.05, 0.1) is 20.7 Å². The van der Waals surface area contributed by atoms with Crippen LogP contribution in [0.2, 0.25) is 0 Å². The molecule has 0 radical (unpaired) electrons. The maximum atomic E-state index is 12.3. The maximum Gasteiger partial charge on any atom is 0.280 e. The van der Waals surface area contributed by atoms with Crippen LogP contribution in [0.5, 0.6) is 0 Å². The fourth-order valence-electron chi connectivity index (χ4n) is 3.03. The average Bonchev–Trinajstić information content (AvgIpc) is 3.43. The second kappa shape index (κ2) is 9.45. The summed E-state index contributed by atoms with van der Waals surface area (Å²) >= 11 is 1.32. The zero-order valence-electron chi connectivity index (χ0n) is 17.4. The van der Waals surface area contributed by atoms with E-state index in [9.17, 15) is 19.7 Å². The highest BCUT2D eigenvalue weighted by Gasteiger charge is 2.16. The molecule has 2 aromatic heterocycles. The van der Waals surface area contributed by atoms with E-state index >= 15 is 0 Å². The predicted octanol–water partition coefficient (Wildman–Crippen LogP) is 5.46. The van der Waals surface area contributed by atoms with Gasteiger partial charge in [-0.2, -0.15) is 0 Å². The number of nitro groups is 1. The van der Waals surface area contributed by atoms with Crippen LogP contribution in [0, 0.1) is 10.1 Å². The Morgan fingerprint density at radius 3 is 2.76 bits per heavy atom. The van der Waals surface area contributed by atoms with E-state index in [0.717, 1.165) is 10.2 Å². The Morgan fingerprint density at radius 1 is 1.15 bits per heavy atom. The molecule has 0 fully saturated rings. The summed E-state index contributed by atoms with van der Waals surface area (Å²) in [5.74, 6) is 0.231. The Morgan fingerprint density at radius 2 is 1.97 bits per heavy atom. The molecule has 0 saturated carbocycles. The molecule has 4 aromatic rings. The molecule has 0 aliphatic heterocycles. The molecule has 0 aliphatic rings. The first-order valence-electron chi connectivity index (χ1n) is 9.96. The van der Waals surface area contributed by atoms with Crippen LogP contribution in [0.3, 0.4) is 0 Å². The average molecular weight is 462 g/mol. The Bertz CT molecular complexity index is 1390. The highest BCUT2D eigenvalue weighted by molar-refractivity contribution is 7.22. The van der Waals surface area contributed by atoms with Crippen molar-refractivity contribution in [2.75, 3.05) is 10.6 Å². The number of hydrogen-bond acceptors (Lipinski definition) is 7. The van der Waals surface area contributed by atoms with Gasteiger partial charge in [-0.25, -0.2) is 4.98 Å². The van der Waals surface area contributed by atoms with Crippen LogP contribution in [-0.4, -0.2) is 21.7 Å². The standard InChI is InChI=1S/C23H18N4O5S/c1-2-21(28)26-23-25-17-10-7-14(13-20(17)33-23)24-22(29)12-9-15-8-11-19(32-15)16-5-3-4-6-18(16)27(30)31/h3-13H,2H2,1H3,(H,24,29)(H,25,26,28). The number of nitrogens with one attached hydrogen (secondary N) is 2. The third-order valence-electron chi connectivity index (χ3n) is 4.62. The summed E-state index contributed by atoms with van der Waals surface area (Å²) in [6, 6.07) is 14.8. The van der Waals surface area contributed by atoms with Gasteiger partial charge in [0.2, 0.25) is 11.8 Å². The number of hydrogen-bond donors (Lipinski definition) is 2. The fourth-order valence-corrected chi connectivity index (χ4v) is 3.95. The molecule has 0 bridgehead atoms. The number of nitro benzene ring substituents is 1. The topological polar surface area (TPSA) is 127 Å². The van der Waals surface area contributed by atoms with E-state index < -0.39 is 4.92 Å². The van der Waals surface area contributed by atoms with Crippen LogP contribution in [-0.2, 0) is 9.59 Å². The van der Waals surface area contributed by atoms with Gasteiger partial charge in [-0.3, -0.25) is 19.7 Å². The number of benzene rings is 2. The number of rotatable bonds is 7. The largest absolute Gasteiger partial charge is 0.456 e. The summed E-state index contributed by atoms with van der Waals surface area (Å²) in [5, 5.41) is 17.2. The van der Waals surface area contributed by atoms with Crippen LogP contribution in [0.1, 0.15) is 19.1 Å². The molecular weight excluding hydrogens is 444 g/mol. The van der Waals surface area contributed by atoms with Crippen LogP contribution in [0.4, 0.5) is 16.5 Å². The van der Waals surface area contributed by atoms with Crippen molar-refractivity contribution in [3.63, 3.8) is 0 Å². The van der Waals surface area contributed by atoms with Gasteiger partial charge in [-0.05, 0) is 42.5 Å². The summed E-state index contributed by atoms with van der Waals surface area (Å²) in [6.07, 6.45) is 3.16. The SMILES string of the molecule is CCC(=O)Nc1nc2ccc(NC(=O)C=Cc3ccc(-c4ccccc4[N+](=O)[O-])o3)cc2s1. The lowest BCUT2D eigenvalue weighted by Gasteiger charge is -2.01. The minimum atomic E-state index is -0.471. The number of thiazole rings is 1. The van der Waals surface area contributed by atoms with E-state index in [1.165, 1.54) is 29.6 Å². The maximum absolute atomic E-state index is 12.3. The van der Waals surface area contributed by atoms with Gasteiger partial charge >= 0.3 is 0 Å². The molecule has 2 aromatic carbocycles. The van der Waals surface area contributed by atoms with E-state index in [1.54, 1.807) is 55.5 Å². The molecule has 0 saturated heterocycles. The second-order valence-corrected chi connectivity index (χ2v) is 7.93. The van der Waals surface area contributed by atoms with E-state index in [1.807, 2.05) is 0 Å². The predicted molar refractivity (Wildman–Crippen MR) is 127 cm³/mol. The van der Waals surface area contributed by atoms with Crippen LogP contribution >= 0.6 is 11.3 Å². The zero-order valence-corrected chi connectivity index (χ0v) is 18.2. The summed E-state index contributed by atoms with van der Waals surface area (Å²) in [4.78, 5) is 39.0. The van der Waals surface area contributed by atoms with Crippen molar-refractivity contribution in [3.05, 3.63) is 76.5 Å². The van der Waals surface area contributed by atoms with Crippen LogP contribution in [0.15, 0.2) is 65.1 Å². The number of carbonyl (C=O) groups excluding carboxylic acids is 2. The van der Waals surface area contributed by atoms with Gasteiger partial charge in [-0.15, -0.1) is 0 Å². The van der Waals surface area contributed by atoms with Crippen LogP contribution < -0.4 is 10.6 Å². The van der Waals surface area contributed by atoms with Crippen molar-refractivity contribution < 1.29 is 18.9 Å². The van der Waals surface area contributed by atoms with Gasteiger partial charge in [-0.1, -0.05) is 30.4 Å². The lowest BCUT2D eigenvalue weighted by atomic mass is 10.1. The van der Waals surface area contributed by atoms with Crippen molar-refractivity contribution >= 4 is 56.0 Å². The normalized spacial score (nSPS) is 11.1. The third kappa shape index (κ3) is 5.13. The monoisotopic (exact) mass is 462 g/mol. The van der Waals surface area contributed by atoms with Gasteiger partial charge in [0.25, 0.3) is 5.69 Å². The van der Waals surface area contributed by atoms with Crippen molar-refractivity contribution in [3.8, 4) is 11.3 Å². The number of fused-ring (bicyclic) bond motifs is 1. The van der Waals surface area contributed by atoms with E-state index in [4.69, 9.17) is 4.42 Å². The van der Waals surface area contributed by atoms with Crippen molar-refractivity contribution in [2.45, 2.75) is 13.3 Å². The van der Waals surface area contributed by atoms with Gasteiger partial charge in [0.15, 0.2) is 5.13 Å². The highest BCUT2D eigenvalue weighted by Crippen LogP contribution is 2.31. The molecule has 33 heavy (non-hydrogen) atoms. The van der Waals surface area contributed by atoms with E-state index in [2.05, 4.69) is 15.6 Å². The molecule has 0 unspecified atom stereocenters. The Kier molecular flexibility index (Phi) is 6.27. The lowest BCUT2D eigenvalue weighted by Crippen LogP contribution is -2.08. The molecule has 4 rings (SSSR count). The smallest absolute Gasteiger partial charge is 0.280 e. The number of carbonyl (C=O) groups is 2. The molecule has 9 nitrogen and oxygen atoms in total. The lowest BCUT2D eigenvalue weighted by molar-refractivity contribution is -0.384. The Hall–Kier alpha value is -4.31. The van der Waals surface area contributed by atoms with Gasteiger partial charge < -0.3 is 15.1 Å². The number of anilines is 2. The molecular formula is C23H18N4O5S. The first kappa shape index (κ1) is 21.9. The van der Waals surface area contributed by atoms with Crippen molar-refractivity contribution in [2.24, 2.45) is 0 Å². The minimum absolute atomic E-state index is 0.0593. The Balaban J connectivity index is 1.44. The van der Waals surface area contributed by atoms with Crippen molar-refractivity contribution in [1.29, 1.82) is 0 Å². The highest BCUT2D eigenvalue weighted by atomic mass is 32.1. The number of nitrogens with zero attached hydrogens (tertiary/aromatic N) is 2. The quantitative estimate of drug-likeness (QED) is 0.213. The number of para-hydroxylation sites is 1. The second-order valence-electron chi connectivity index (χ2n) is 6.90. The zero-order chi connectivity index (χ0) is 23.4. The number of aromatic nitrogens is 1. The fraction of sp³-hybridized carbons (Fsp3) is 0.0870. The van der Waals surface area contributed by atoms with Gasteiger partial charge in [0.1, 0.15) is 11.5 Å². The molecule has 2 heterocycles. The number of amides is 2. The van der Waals surface area contributed by atoms with E-state index in [0.29, 0.717) is 34.3 Å². The molecule has 2 amide bonds. The molecule has 0 atom stereocenters. The summed E-state index contributed by atoms with van der Waals surface area (Å²) in [7, 11) is 0. The van der Waals surface area contributed by atoms with Crippen molar-refractivity contribution in [1.82, 2.24) is 4.98 Å². The molecule has 0 aliphatic carbocycles. The third-order valence-corrected chi connectivity index (χ3v) is 5.55. The Labute approximate surface area is 191 Å². The summed E-state index contributed by atoms with van der Waals surface area (Å²) in [5.41, 5.74) is 1.60. The minimum Gasteiger partial charge on any atom is -0.456 e. The first-order chi connectivity index (χ1) is 15.9. The molecule has 0 spiro atoms.